The molecule has 1 saturated heterocycles. The van der Waals surface area contributed by atoms with Crippen molar-refractivity contribution in [2.75, 3.05) is 32.8 Å². The minimum Gasteiger partial charge on any atom is -0.491 e. The molecule has 0 aromatic heterocycles. The third-order valence-corrected chi connectivity index (χ3v) is 5.43. The third kappa shape index (κ3) is 5.32. The van der Waals surface area contributed by atoms with Gasteiger partial charge in [-0.15, -0.1) is 0 Å². The lowest BCUT2D eigenvalue weighted by molar-refractivity contribution is -0.942. The standard InChI is InChI=1S/C23H32NO3/c1-4-24(14-18(2)27-19(3)15-24)16-22(25)17-26-23-12-10-21(11-13-23)20-8-6-5-7-9-20/h5-13,18-19,22,25H,4,14-17H2,1-3H3/q+1/t18-,19+,22-,24?/m0/s1. The van der Waals surface area contributed by atoms with Crippen molar-refractivity contribution in [2.24, 2.45) is 0 Å². The van der Waals surface area contributed by atoms with Crippen LogP contribution in [0.4, 0.5) is 0 Å². The Bertz CT molecular complexity index is 691. The fraction of sp³-hybridized carbons (Fsp3) is 0.478. The Morgan fingerprint density at radius 3 is 2.19 bits per heavy atom. The van der Waals surface area contributed by atoms with Crippen LogP contribution in [0.25, 0.3) is 11.1 Å². The Labute approximate surface area is 162 Å². The summed E-state index contributed by atoms with van der Waals surface area (Å²) in [4.78, 5) is 0. The molecule has 1 unspecified atom stereocenters. The molecule has 0 bridgehead atoms. The van der Waals surface area contributed by atoms with E-state index in [-0.39, 0.29) is 12.2 Å². The van der Waals surface area contributed by atoms with Crippen LogP contribution in [0.3, 0.4) is 0 Å². The smallest absolute Gasteiger partial charge is 0.137 e. The summed E-state index contributed by atoms with van der Waals surface area (Å²) >= 11 is 0. The van der Waals surface area contributed by atoms with Crippen molar-refractivity contribution in [1.29, 1.82) is 0 Å². The van der Waals surface area contributed by atoms with Crippen LogP contribution >= 0.6 is 0 Å². The maximum absolute atomic E-state index is 10.6. The van der Waals surface area contributed by atoms with Crippen LogP contribution in [0, 0.1) is 0 Å². The second kappa shape index (κ2) is 8.87. The summed E-state index contributed by atoms with van der Waals surface area (Å²) < 4.78 is 12.6. The molecule has 146 valence electrons. The number of rotatable bonds is 7. The third-order valence-electron chi connectivity index (χ3n) is 5.43. The van der Waals surface area contributed by atoms with E-state index < -0.39 is 6.10 Å². The molecule has 0 radical (unpaired) electrons. The number of benzene rings is 2. The second-order valence-corrected chi connectivity index (χ2v) is 7.82. The monoisotopic (exact) mass is 370 g/mol. The maximum atomic E-state index is 10.6. The Hall–Kier alpha value is -1.88. The topological polar surface area (TPSA) is 38.7 Å². The first-order valence-corrected chi connectivity index (χ1v) is 9.96. The molecule has 1 aliphatic rings. The number of aliphatic hydroxyl groups excluding tert-OH is 1. The van der Waals surface area contributed by atoms with E-state index in [1.54, 1.807) is 0 Å². The molecule has 1 heterocycles. The van der Waals surface area contributed by atoms with Crippen molar-refractivity contribution in [2.45, 2.75) is 39.1 Å². The maximum Gasteiger partial charge on any atom is 0.137 e. The molecule has 4 atom stereocenters. The van der Waals surface area contributed by atoms with Gasteiger partial charge in [-0.25, -0.2) is 0 Å². The number of aliphatic hydroxyl groups is 1. The lowest BCUT2D eigenvalue weighted by Crippen LogP contribution is -2.62. The van der Waals surface area contributed by atoms with Crippen LogP contribution < -0.4 is 4.74 Å². The highest BCUT2D eigenvalue weighted by molar-refractivity contribution is 5.63. The molecule has 1 fully saturated rings. The molecule has 0 amide bonds. The molecule has 0 spiro atoms. The lowest BCUT2D eigenvalue weighted by Gasteiger charge is -2.46. The van der Waals surface area contributed by atoms with Gasteiger partial charge < -0.3 is 19.1 Å². The predicted molar refractivity (Wildman–Crippen MR) is 109 cm³/mol. The Morgan fingerprint density at radius 2 is 1.59 bits per heavy atom. The van der Waals surface area contributed by atoms with Gasteiger partial charge in [0.25, 0.3) is 0 Å². The molecule has 4 nitrogen and oxygen atoms in total. The zero-order chi connectivity index (χ0) is 19.3. The van der Waals surface area contributed by atoms with Gasteiger partial charge in [-0.05, 0) is 44.0 Å². The lowest BCUT2D eigenvalue weighted by atomic mass is 10.1. The van der Waals surface area contributed by atoms with E-state index in [0.29, 0.717) is 13.2 Å². The average Bonchev–Trinajstić information content (AvgIpc) is 2.66. The number of hydrogen-bond donors (Lipinski definition) is 1. The van der Waals surface area contributed by atoms with Gasteiger partial charge in [0.1, 0.15) is 50.3 Å². The minimum absolute atomic E-state index is 0.229. The molecule has 0 aliphatic carbocycles. The van der Waals surface area contributed by atoms with Crippen LogP contribution in [0.2, 0.25) is 0 Å². The van der Waals surface area contributed by atoms with E-state index in [2.05, 4.69) is 45.0 Å². The summed E-state index contributed by atoms with van der Waals surface area (Å²) in [5.41, 5.74) is 2.35. The molecule has 1 N–H and O–H groups in total. The highest BCUT2D eigenvalue weighted by Crippen LogP contribution is 2.23. The van der Waals surface area contributed by atoms with Crippen molar-refractivity contribution < 1.29 is 19.1 Å². The van der Waals surface area contributed by atoms with E-state index in [1.807, 2.05) is 30.3 Å². The molecule has 2 aromatic rings. The number of quaternary nitrogens is 1. The van der Waals surface area contributed by atoms with Gasteiger partial charge in [-0.1, -0.05) is 42.5 Å². The summed E-state index contributed by atoms with van der Waals surface area (Å²) in [6.45, 7) is 10.4. The van der Waals surface area contributed by atoms with Crippen molar-refractivity contribution >= 4 is 0 Å². The van der Waals surface area contributed by atoms with Crippen LogP contribution in [0.15, 0.2) is 54.6 Å². The van der Waals surface area contributed by atoms with E-state index in [1.165, 1.54) is 5.56 Å². The molecule has 4 heteroatoms. The van der Waals surface area contributed by atoms with E-state index >= 15 is 0 Å². The van der Waals surface area contributed by atoms with Crippen LogP contribution in [-0.2, 0) is 4.74 Å². The van der Waals surface area contributed by atoms with Gasteiger partial charge in [0.15, 0.2) is 0 Å². The first-order valence-electron chi connectivity index (χ1n) is 9.96. The Morgan fingerprint density at radius 1 is 1.00 bits per heavy atom. The summed E-state index contributed by atoms with van der Waals surface area (Å²) in [5.74, 6) is 0.792. The minimum atomic E-state index is -0.490. The summed E-state index contributed by atoms with van der Waals surface area (Å²) in [6.07, 6.45) is -0.0315. The molecule has 0 saturated carbocycles. The fourth-order valence-electron chi connectivity index (χ4n) is 4.25. The number of hydrogen-bond acceptors (Lipinski definition) is 3. The molecular formula is C23H32NO3+. The molecular weight excluding hydrogens is 338 g/mol. The van der Waals surface area contributed by atoms with Gasteiger partial charge in [-0.2, -0.15) is 0 Å². The Balaban J connectivity index is 1.55. The predicted octanol–water partition coefficient (Wildman–Crippen LogP) is 3.74. The summed E-state index contributed by atoms with van der Waals surface area (Å²) in [6, 6.07) is 18.3. The van der Waals surface area contributed by atoms with E-state index in [4.69, 9.17) is 9.47 Å². The normalized spacial score (nSPS) is 26.5. The van der Waals surface area contributed by atoms with Gasteiger partial charge >= 0.3 is 0 Å². The van der Waals surface area contributed by atoms with Crippen molar-refractivity contribution in [3.8, 4) is 16.9 Å². The van der Waals surface area contributed by atoms with Crippen molar-refractivity contribution in [3.05, 3.63) is 54.6 Å². The number of ether oxygens (including phenoxy) is 2. The quantitative estimate of drug-likeness (QED) is 0.755. The number of nitrogens with zero attached hydrogens (tertiary/aromatic N) is 1. The van der Waals surface area contributed by atoms with E-state index in [0.717, 1.165) is 35.4 Å². The number of likely N-dealkylation sites (N-methyl/N-ethyl adjacent to an activating group) is 1. The summed E-state index contributed by atoms with van der Waals surface area (Å²) in [7, 11) is 0. The van der Waals surface area contributed by atoms with Crippen LogP contribution in [-0.4, -0.2) is 60.7 Å². The molecule has 27 heavy (non-hydrogen) atoms. The second-order valence-electron chi connectivity index (χ2n) is 7.82. The zero-order valence-electron chi connectivity index (χ0n) is 16.7. The SMILES string of the molecule is CC[N+]1(C[C@H](O)COc2ccc(-c3ccccc3)cc2)C[C@@H](C)O[C@@H](C)C1. The van der Waals surface area contributed by atoms with Gasteiger partial charge in [0.05, 0.1) is 6.54 Å². The highest BCUT2D eigenvalue weighted by atomic mass is 16.5. The largest absolute Gasteiger partial charge is 0.491 e. The first kappa shape index (κ1) is 19.9. The van der Waals surface area contributed by atoms with Crippen LogP contribution in [0.1, 0.15) is 20.8 Å². The van der Waals surface area contributed by atoms with E-state index in [9.17, 15) is 5.11 Å². The highest BCUT2D eigenvalue weighted by Gasteiger charge is 2.37. The average molecular weight is 371 g/mol. The molecule has 1 aliphatic heterocycles. The Kier molecular flexibility index (Phi) is 6.53. The molecule has 2 aromatic carbocycles. The van der Waals surface area contributed by atoms with Crippen molar-refractivity contribution in [1.82, 2.24) is 0 Å². The van der Waals surface area contributed by atoms with Gasteiger partial charge in [0, 0.05) is 0 Å². The van der Waals surface area contributed by atoms with Gasteiger partial charge in [-0.3, -0.25) is 0 Å². The summed E-state index contributed by atoms with van der Waals surface area (Å²) in [5, 5.41) is 10.6. The van der Waals surface area contributed by atoms with Crippen LogP contribution in [0.5, 0.6) is 5.75 Å². The first-order chi connectivity index (χ1) is 13.0. The molecule has 3 rings (SSSR count). The van der Waals surface area contributed by atoms with Gasteiger partial charge in [0.2, 0.25) is 0 Å². The van der Waals surface area contributed by atoms with Crippen molar-refractivity contribution in [3.63, 3.8) is 0 Å². The number of morpholine rings is 1. The zero-order valence-corrected chi connectivity index (χ0v) is 16.7. The fourth-order valence-corrected chi connectivity index (χ4v) is 4.25.